The molecule has 0 spiro atoms. The molecule has 4 aliphatic rings. The average molecular weight is 424 g/mol. The lowest BCUT2D eigenvalue weighted by Gasteiger charge is -2.54. The van der Waals surface area contributed by atoms with Crippen molar-refractivity contribution in [2.75, 3.05) is 0 Å². The molecule has 1 N–H and O–H groups in total. The van der Waals surface area contributed by atoms with Crippen LogP contribution in [0.1, 0.15) is 83.6 Å². The quantitative estimate of drug-likeness (QED) is 0.762. The summed E-state index contributed by atoms with van der Waals surface area (Å²) in [4.78, 5) is 13.3. The van der Waals surface area contributed by atoms with E-state index in [0.717, 1.165) is 49.4 Å². The van der Waals surface area contributed by atoms with Gasteiger partial charge in [0.1, 0.15) is 6.07 Å². The van der Waals surface area contributed by atoms with Crippen LogP contribution in [-0.2, 0) is 11.3 Å². The van der Waals surface area contributed by atoms with Gasteiger partial charge in [-0.25, -0.2) is 0 Å². The highest BCUT2D eigenvalue weighted by atomic mass is 16.3. The predicted octanol–water partition coefficient (Wildman–Crippen LogP) is 4.73. The van der Waals surface area contributed by atoms with Crippen LogP contribution in [0, 0.1) is 52.3 Å². The Bertz CT molecular complexity index is 883. The molecule has 1 aromatic heterocycles. The number of aromatic nitrogens is 2. The number of carbonyl (C=O) groups is 1. The van der Waals surface area contributed by atoms with Crippen LogP contribution in [0.15, 0.2) is 12.4 Å². The first kappa shape index (κ1) is 21.2. The van der Waals surface area contributed by atoms with Crippen LogP contribution in [0.3, 0.4) is 0 Å². The Balaban J connectivity index is 1.31. The molecule has 1 heterocycles. The minimum atomic E-state index is -0.473. The van der Waals surface area contributed by atoms with Gasteiger partial charge in [-0.1, -0.05) is 6.92 Å². The van der Waals surface area contributed by atoms with Gasteiger partial charge in [0, 0.05) is 12.1 Å². The zero-order valence-electron chi connectivity index (χ0n) is 19.1. The minimum Gasteiger partial charge on any atom is -0.390 e. The van der Waals surface area contributed by atoms with Gasteiger partial charge in [-0.15, -0.1) is 0 Å². The fraction of sp³-hybridized carbons (Fsp3) is 0.808. The lowest BCUT2D eigenvalue weighted by Crippen LogP contribution is -2.48. The summed E-state index contributed by atoms with van der Waals surface area (Å²) in [7, 11) is 0. The van der Waals surface area contributed by atoms with Crippen LogP contribution >= 0.6 is 0 Å². The molecule has 4 fully saturated rings. The number of nitrogens with zero attached hydrogens (tertiary/aromatic N) is 3. The number of fused-ring (bicyclic) bond motifs is 5. The molecule has 168 valence electrons. The summed E-state index contributed by atoms with van der Waals surface area (Å²) in [6.07, 6.45) is 14.8. The maximum Gasteiger partial charge on any atom is 0.157 e. The molecule has 5 rings (SSSR count). The first-order chi connectivity index (χ1) is 14.8. The van der Waals surface area contributed by atoms with Gasteiger partial charge in [0.15, 0.2) is 5.78 Å². The lowest BCUT2D eigenvalue weighted by atomic mass is 9.50. The molecule has 0 aromatic carbocycles. The number of aliphatic hydroxyl groups is 1. The normalized spacial score (nSPS) is 44.5. The van der Waals surface area contributed by atoms with Gasteiger partial charge in [-0.05, 0) is 106 Å². The van der Waals surface area contributed by atoms with Crippen LogP contribution in [0.2, 0.25) is 0 Å². The molecule has 31 heavy (non-hydrogen) atoms. The Morgan fingerprint density at radius 3 is 2.65 bits per heavy atom. The molecule has 4 saturated carbocycles. The monoisotopic (exact) mass is 423 g/mol. The molecule has 0 saturated heterocycles. The zero-order valence-corrected chi connectivity index (χ0v) is 19.1. The Kier molecular flexibility index (Phi) is 5.28. The first-order valence-corrected chi connectivity index (χ1v) is 12.5. The third kappa shape index (κ3) is 3.65. The Labute approximate surface area is 186 Å². The molecule has 8 atom stereocenters. The van der Waals surface area contributed by atoms with E-state index < -0.39 is 5.60 Å². The molecule has 0 unspecified atom stereocenters. The molecule has 0 radical (unpaired) electrons. The summed E-state index contributed by atoms with van der Waals surface area (Å²) in [5.41, 5.74) is 0.161. The van der Waals surface area contributed by atoms with E-state index >= 15 is 0 Å². The summed E-state index contributed by atoms with van der Waals surface area (Å²) in [6, 6.07) is 2.10. The number of Topliss-reactive ketones (excluding diaryl/α,β-unsaturated/α-hetero) is 1. The maximum atomic E-state index is 13.3. The summed E-state index contributed by atoms with van der Waals surface area (Å²) in [6.45, 7) is 4.73. The van der Waals surface area contributed by atoms with E-state index in [-0.39, 0.29) is 11.3 Å². The highest BCUT2D eigenvalue weighted by molar-refractivity contribution is 5.82. The molecule has 0 aliphatic heterocycles. The Hall–Kier alpha value is -1.67. The maximum absolute atomic E-state index is 13.3. The fourth-order valence-corrected chi connectivity index (χ4v) is 8.45. The third-order valence-electron chi connectivity index (χ3n) is 10.1. The highest BCUT2D eigenvalue weighted by Crippen LogP contribution is 2.64. The smallest absolute Gasteiger partial charge is 0.157 e. The summed E-state index contributed by atoms with van der Waals surface area (Å²) >= 11 is 0. The van der Waals surface area contributed by atoms with Crippen molar-refractivity contribution in [3.63, 3.8) is 0 Å². The van der Waals surface area contributed by atoms with Crippen molar-refractivity contribution in [1.29, 1.82) is 5.26 Å². The van der Waals surface area contributed by atoms with Gasteiger partial charge in [0.2, 0.25) is 0 Å². The van der Waals surface area contributed by atoms with Crippen molar-refractivity contribution >= 4 is 5.78 Å². The molecule has 4 aliphatic carbocycles. The van der Waals surface area contributed by atoms with E-state index in [1.807, 2.05) is 6.92 Å². The van der Waals surface area contributed by atoms with E-state index in [9.17, 15) is 9.90 Å². The number of hydrogen-bond acceptors (Lipinski definition) is 4. The number of nitriles is 1. The molecule has 5 nitrogen and oxygen atoms in total. The standard InChI is InChI=1S/C26H37N3O2/c1-25(31)10-7-18-3-4-21-20(19(18)8-11-25)9-12-26(2)22(21)5-6-23(26)24(30)16-29-15-17(13-27)14-28-29/h14-15,18-23,31H,3-12,16H2,1-2H3/t18-,19+,20-,21-,22+,23-,25+,26+/m1/s1. The van der Waals surface area contributed by atoms with Gasteiger partial charge in [0.25, 0.3) is 0 Å². The molecule has 0 bridgehead atoms. The van der Waals surface area contributed by atoms with Crippen LogP contribution in [-0.4, -0.2) is 26.3 Å². The van der Waals surface area contributed by atoms with Gasteiger partial charge < -0.3 is 5.11 Å². The fourth-order valence-electron chi connectivity index (χ4n) is 8.45. The van der Waals surface area contributed by atoms with Crippen LogP contribution in [0.4, 0.5) is 0 Å². The Morgan fingerprint density at radius 1 is 1.10 bits per heavy atom. The van der Waals surface area contributed by atoms with Crippen LogP contribution < -0.4 is 0 Å². The number of carbonyl (C=O) groups excluding carboxylic acids is 1. The first-order valence-electron chi connectivity index (χ1n) is 12.5. The van der Waals surface area contributed by atoms with E-state index in [1.54, 1.807) is 17.1 Å². The van der Waals surface area contributed by atoms with Crippen LogP contribution in [0.5, 0.6) is 0 Å². The van der Waals surface area contributed by atoms with E-state index in [4.69, 9.17) is 5.26 Å². The molecule has 5 heteroatoms. The van der Waals surface area contributed by atoms with Crippen molar-refractivity contribution in [2.24, 2.45) is 40.9 Å². The van der Waals surface area contributed by atoms with Crippen LogP contribution in [0.25, 0.3) is 0 Å². The van der Waals surface area contributed by atoms with E-state index in [1.165, 1.54) is 38.5 Å². The van der Waals surface area contributed by atoms with Gasteiger partial charge in [-0.2, -0.15) is 10.4 Å². The number of rotatable bonds is 3. The summed E-state index contributed by atoms with van der Waals surface area (Å²) in [5.74, 6) is 4.22. The lowest BCUT2D eigenvalue weighted by molar-refractivity contribution is -0.130. The number of hydrogen-bond donors (Lipinski definition) is 1. The SMILES string of the molecule is C[C@]1(O)CC[C@H]2CC[C@@H]3[C@H](CC[C@]4(C)[C@@H](C(=O)Cn5cc(C#N)cn5)CC[C@@H]34)[C@H]2CC1. The van der Waals surface area contributed by atoms with Crippen molar-refractivity contribution in [2.45, 2.75) is 90.2 Å². The predicted molar refractivity (Wildman–Crippen MR) is 118 cm³/mol. The van der Waals surface area contributed by atoms with E-state index in [0.29, 0.717) is 23.8 Å². The number of ketones is 1. The Morgan fingerprint density at radius 2 is 1.87 bits per heavy atom. The van der Waals surface area contributed by atoms with Crippen molar-refractivity contribution in [3.8, 4) is 6.07 Å². The van der Waals surface area contributed by atoms with Crippen molar-refractivity contribution in [1.82, 2.24) is 9.78 Å². The summed E-state index contributed by atoms with van der Waals surface area (Å²) < 4.78 is 1.64. The van der Waals surface area contributed by atoms with Gasteiger partial charge in [0.05, 0.1) is 23.9 Å². The average Bonchev–Trinajstić information content (AvgIpc) is 3.30. The second-order valence-corrected chi connectivity index (χ2v) is 11.7. The topological polar surface area (TPSA) is 78.9 Å². The highest BCUT2D eigenvalue weighted by Gasteiger charge is 2.58. The minimum absolute atomic E-state index is 0.118. The molecular formula is C26H37N3O2. The molecule has 1 aromatic rings. The van der Waals surface area contributed by atoms with E-state index in [2.05, 4.69) is 18.1 Å². The van der Waals surface area contributed by atoms with Crippen molar-refractivity contribution in [3.05, 3.63) is 18.0 Å². The second-order valence-electron chi connectivity index (χ2n) is 11.7. The molecule has 0 amide bonds. The largest absolute Gasteiger partial charge is 0.390 e. The second kappa shape index (κ2) is 7.73. The van der Waals surface area contributed by atoms with Crippen molar-refractivity contribution < 1.29 is 9.90 Å². The van der Waals surface area contributed by atoms with Gasteiger partial charge in [-0.3, -0.25) is 9.48 Å². The molecular weight excluding hydrogens is 386 g/mol. The van der Waals surface area contributed by atoms with Gasteiger partial charge >= 0.3 is 0 Å². The summed E-state index contributed by atoms with van der Waals surface area (Å²) in [5, 5.41) is 23.9. The zero-order chi connectivity index (χ0) is 21.8. The third-order valence-corrected chi connectivity index (χ3v) is 10.1.